The minimum Gasteiger partial charge on any atom is -0.461 e. The normalized spacial score (nSPS) is 16.0. The number of hydrogen-bond donors (Lipinski definition) is 2. The van der Waals surface area contributed by atoms with E-state index in [9.17, 15) is 14.4 Å². The highest BCUT2D eigenvalue weighted by Crippen LogP contribution is 2.44. The number of anilines is 1. The number of halogens is 1. The number of aryl methyl sites for hydroxylation is 1. The molecule has 3 N–H and O–H groups in total. The van der Waals surface area contributed by atoms with Crippen LogP contribution in [-0.4, -0.2) is 92.2 Å². The molecule has 1 aromatic heterocycles. The Balaban J connectivity index is 0.00000105. The molecule has 2 aliphatic heterocycles. The van der Waals surface area contributed by atoms with Crippen molar-refractivity contribution in [1.29, 1.82) is 5.26 Å². The topological polar surface area (TPSA) is 139 Å². The van der Waals surface area contributed by atoms with Crippen molar-refractivity contribution in [3.8, 4) is 23.2 Å². The number of allylic oxidation sites excluding steroid dienone is 1. The van der Waals surface area contributed by atoms with Gasteiger partial charge in [0.2, 0.25) is 0 Å². The standard InChI is InChI=1S/C33H41FN6O4.C3H7N.C2H6/c1-6-23-29(24-9-10-28(34)20(2)25(24)14-35)26-18-42-19-27(26)30-31(23)37-33(44-17-22-15-40(5)12-13-43-22)38-32(30)36-21(16-41)8-7-11-39(3)4;1-3(2)4;1-2/h9-10,16,21-22H,6-8,11-13,15,17-19H2,1-5H3,(H,36,37,38);1,4H2,2H3;1-2H3. The SMILES string of the molecule is C=C(C)N.CC.CCc1c(-c2ccc(F)c(C)c2C#N)c2c(c3c(NC(C=O)CCCN(C)C)nc(OCC4CN(C)CCO4)nc13)COC2. The van der Waals surface area contributed by atoms with Crippen molar-refractivity contribution in [2.45, 2.75) is 79.2 Å². The van der Waals surface area contributed by atoms with E-state index in [-0.39, 0.29) is 24.3 Å². The summed E-state index contributed by atoms with van der Waals surface area (Å²) in [7, 11) is 6.06. The van der Waals surface area contributed by atoms with E-state index < -0.39 is 11.9 Å². The van der Waals surface area contributed by atoms with Gasteiger partial charge < -0.3 is 39.9 Å². The highest BCUT2D eigenvalue weighted by atomic mass is 19.1. The molecule has 2 aromatic carbocycles. The monoisotopic (exact) mass is 691 g/mol. The first-order valence-electron chi connectivity index (χ1n) is 17.3. The first kappa shape index (κ1) is 40.3. The summed E-state index contributed by atoms with van der Waals surface area (Å²) in [5.41, 5.74) is 11.0. The fraction of sp³-hybridized carbons (Fsp3) is 0.526. The number of nitrogens with two attached hydrogens (primary N) is 1. The fourth-order valence-electron chi connectivity index (χ4n) is 6.11. The van der Waals surface area contributed by atoms with Crippen LogP contribution >= 0.6 is 0 Å². The van der Waals surface area contributed by atoms with Gasteiger partial charge in [0, 0.05) is 29.6 Å². The van der Waals surface area contributed by atoms with Crippen LogP contribution in [0.15, 0.2) is 24.4 Å². The molecule has 3 aromatic rings. The summed E-state index contributed by atoms with van der Waals surface area (Å²) in [6, 6.07) is 5.00. The van der Waals surface area contributed by atoms with Crippen molar-refractivity contribution in [3.05, 3.63) is 58.0 Å². The molecule has 50 heavy (non-hydrogen) atoms. The van der Waals surface area contributed by atoms with E-state index in [4.69, 9.17) is 29.9 Å². The zero-order valence-electron chi connectivity index (χ0n) is 31.0. The Hall–Kier alpha value is -4.15. The molecule has 5 rings (SSSR count). The lowest BCUT2D eigenvalue weighted by molar-refractivity contribution is -0.108. The molecule has 0 aliphatic carbocycles. The molecule has 2 aliphatic rings. The van der Waals surface area contributed by atoms with E-state index in [1.54, 1.807) is 19.9 Å². The predicted octanol–water partition coefficient (Wildman–Crippen LogP) is 5.74. The third-order valence-electron chi connectivity index (χ3n) is 8.42. The molecule has 0 bridgehead atoms. The Morgan fingerprint density at radius 3 is 2.62 bits per heavy atom. The van der Waals surface area contributed by atoms with Crippen molar-refractivity contribution in [2.24, 2.45) is 5.73 Å². The molecule has 272 valence electrons. The van der Waals surface area contributed by atoms with Gasteiger partial charge >= 0.3 is 6.01 Å². The maximum Gasteiger partial charge on any atom is 0.319 e. The van der Waals surface area contributed by atoms with Gasteiger partial charge in [-0.05, 0) is 94.8 Å². The van der Waals surface area contributed by atoms with Crippen LogP contribution in [0.4, 0.5) is 10.2 Å². The Morgan fingerprint density at radius 1 is 1.30 bits per heavy atom. The van der Waals surface area contributed by atoms with Crippen LogP contribution in [0.1, 0.15) is 68.4 Å². The average Bonchev–Trinajstić information content (AvgIpc) is 3.57. The highest BCUT2D eigenvalue weighted by Gasteiger charge is 2.30. The number of carbonyl (C=O) groups is 1. The van der Waals surface area contributed by atoms with Gasteiger partial charge in [0.15, 0.2) is 0 Å². The quantitative estimate of drug-likeness (QED) is 0.225. The third-order valence-corrected chi connectivity index (χ3v) is 8.42. The zero-order chi connectivity index (χ0) is 37.0. The van der Waals surface area contributed by atoms with Crippen LogP contribution < -0.4 is 15.8 Å². The molecular weight excluding hydrogens is 637 g/mol. The van der Waals surface area contributed by atoms with Crippen LogP contribution in [0.5, 0.6) is 6.01 Å². The number of nitrogens with one attached hydrogen (secondary N) is 1. The van der Waals surface area contributed by atoms with Crippen molar-refractivity contribution < 1.29 is 23.4 Å². The van der Waals surface area contributed by atoms with E-state index in [1.165, 1.54) is 6.07 Å². The van der Waals surface area contributed by atoms with E-state index in [0.29, 0.717) is 60.8 Å². The molecule has 3 heterocycles. The molecule has 0 radical (unpaired) electrons. The highest BCUT2D eigenvalue weighted by molar-refractivity contribution is 6.01. The van der Waals surface area contributed by atoms with Crippen molar-refractivity contribution in [2.75, 3.05) is 59.3 Å². The second-order valence-electron chi connectivity index (χ2n) is 12.7. The van der Waals surface area contributed by atoms with Gasteiger partial charge in [0.1, 0.15) is 36.7 Å². The van der Waals surface area contributed by atoms with Gasteiger partial charge in [-0.1, -0.05) is 33.4 Å². The fourth-order valence-corrected chi connectivity index (χ4v) is 6.11. The van der Waals surface area contributed by atoms with Gasteiger partial charge in [-0.2, -0.15) is 15.2 Å². The molecule has 2 atom stereocenters. The summed E-state index contributed by atoms with van der Waals surface area (Å²) in [6.07, 6.45) is 2.82. The summed E-state index contributed by atoms with van der Waals surface area (Å²) in [4.78, 5) is 26.3. The molecule has 0 saturated carbocycles. The molecule has 0 amide bonds. The van der Waals surface area contributed by atoms with Crippen LogP contribution in [0.3, 0.4) is 0 Å². The number of morpholine rings is 1. The average molecular weight is 692 g/mol. The number of likely N-dealkylation sites (N-methyl/N-ethyl adjacent to an activating group) is 1. The number of hydrogen-bond acceptors (Lipinski definition) is 11. The lowest BCUT2D eigenvalue weighted by Gasteiger charge is -2.29. The van der Waals surface area contributed by atoms with Crippen molar-refractivity contribution in [1.82, 2.24) is 19.8 Å². The molecule has 1 fully saturated rings. The maximum absolute atomic E-state index is 14.6. The smallest absolute Gasteiger partial charge is 0.319 e. The number of benzene rings is 2. The molecule has 2 unspecified atom stereocenters. The molecule has 0 spiro atoms. The van der Waals surface area contributed by atoms with Crippen LogP contribution in [-0.2, 0) is 33.9 Å². The summed E-state index contributed by atoms with van der Waals surface area (Å²) in [5, 5.41) is 14.3. The number of nitriles is 1. The largest absolute Gasteiger partial charge is 0.461 e. The van der Waals surface area contributed by atoms with Gasteiger partial charge in [0.05, 0.1) is 36.9 Å². The summed E-state index contributed by atoms with van der Waals surface area (Å²) in [5.74, 6) is 0.0821. The minimum atomic E-state index is -0.469. The van der Waals surface area contributed by atoms with E-state index in [1.807, 2.05) is 41.9 Å². The van der Waals surface area contributed by atoms with E-state index in [0.717, 1.165) is 60.0 Å². The lowest BCUT2D eigenvalue weighted by Crippen LogP contribution is -2.42. The zero-order valence-corrected chi connectivity index (χ0v) is 31.0. The minimum absolute atomic E-state index is 0.131. The molecular formula is C38H54FN7O4. The second kappa shape index (κ2) is 19.3. The number of aromatic nitrogens is 2. The Kier molecular flexibility index (Phi) is 15.5. The van der Waals surface area contributed by atoms with E-state index >= 15 is 0 Å². The van der Waals surface area contributed by atoms with Gasteiger partial charge in [0.25, 0.3) is 0 Å². The van der Waals surface area contributed by atoms with Crippen LogP contribution in [0.25, 0.3) is 22.0 Å². The third kappa shape index (κ3) is 9.97. The van der Waals surface area contributed by atoms with Crippen molar-refractivity contribution >= 4 is 23.0 Å². The number of fused-ring (bicyclic) bond motifs is 3. The van der Waals surface area contributed by atoms with Crippen LogP contribution in [0, 0.1) is 24.1 Å². The molecule has 11 nitrogen and oxygen atoms in total. The number of rotatable bonds is 12. The first-order chi connectivity index (χ1) is 24.0. The Morgan fingerprint density at radius 2 is 2.00 bits per heavy atom. The second-order valence-corrected chi connectivity index (χ2v) is 12.7. The van der Waals surface area contributed by atoms with Gasteiger partial charge in [-0.15, -0.1) is 0 Å². The lowest BCUT2D eigenvalue weighted by atomic mass is 9.85. The van der Waals surface area contributed by atoms with E-state index in [2.05, 4.69) is 27.8 Å². The van der Waals surface area contributed by atoms with Crippen molar-refractivity contribution in [3.63, 3.8) is 0 Å². The Labute approximate surface area is 296 Å². The number of nitrogens with zero attached hydrogens (tertiary/aromatic N) is 5. The predicted molar refractivity (Wildman–Crippen MR) is 197 cm³/mol. The summed E-state index contributed by atoms with van der Waals surface area (Å²) in [6.45, 7) is 16.7. The summed E-state index contributed by atoms with van der Waals surface area (Å²) < 4.78 is 32.6. The summed E-state index contributed by atoms with van der Waals surface area (Å²) >= 11 is 0. The number of aldehydes is 1. The number of carbonyl (C=O) groups excluding carboxylic acids is 1. The Bertz CT molecular complexity index is 1670. The first-order valence-corrected chi connectivity index (χ1v) is 17.3. The van der Waals surface area contributed by atoms with Crippen LogP contribution in [0.2, 0.25) is 0 Å². The van der Waals surface area contributed by atoms with Gasteiger partial charge in [-0.25, -0.2) is 4.39 Å². The van der Waals surface area contributed by atoms with Gasteiger partial charge in [-0.3, -0.25) is 0 Å². The molecule has 12 heteroatoms. The maximum atomic E-state index is 14.6. The molecule has 1 saturated heterocycles. The number of ether oxygens (including phenoxy) is 3.